The molecule has 3 rings (SSSR count). The van der Waals surface area contributed by atoms with Gasteiger partial charge < -0.3 is 15.7 Å². The molecule has 2 fully saturated rings. The lowest BCUT2D eigenvalue weighted by Crippen LogP contribution is -2.49. The van der Waals surface area contributed by atoms with Crippen LogP contribution in [0.15, 0.2) is 30.3 Å². The fourth-order valence-corrected chi connectivity index (χ4v) is 4.22. The first-order valence-electron chi connectivity index (χ1n) is 9.51. The number of benzene rings is 1. The van der Waals surface area contributed by atoms with Gasteiger partial charge in [-0.2, -0.15) is 0 Å². The van der Waals surface area contributed by atoms with Crippen LogP contribution in [-0.2, 0) is 6.54 Å². The van der Waals surface area contributed by atoms with E-state index in [1.54, 1.807) is 0 Å². The molecule has 2 aliphatic rings. The van der Waals surface area contributed by atoms with Gasteiger partial charge in [-0.25, -0.2) is 4.79 Å². The minimum Gasteiger partial charge on any atom is -0.396 e. The number of amides is 2. The van der Waals surface area contributed by atoms with Crippen molar-refractivity contribution in [3.8, 4) is 0 Å². The van der Waals surface area contributed by atoms with Crippen LogP contribution < -0.4 is 10.6 Å². The summed E-state index contributed by atoms with van der Waals surface area (Å²) in [6.45, 7) is 7.16. The standard InChI is InChI=1S/C20H31N3O2/c1-14(13-24)15(2)21-20(25)22-19-9-8-17-11-23(12-18(17)19)10-16-6-4-3-5-7-16/h3-7,14-15,17-19,24H,8-13H2,1-2H3,(H2,21,22,25)/t14-,15+,17-,18-,19-/m1/s1. The summed E-state index contributed by atoms with van der Waals surface area (Å²) in [5, 5.41) is 15.3. The van der Waals surface area contributed by atoms with Crippen molar-refractivity contribution in [1.82, 2.24) is 15.5 Å². The Balaban J connectivity index is 1.49. The molecule has 5 atom stereocenters. The van der Waals surface area contributed by atoms with Gasteiger partial charge in [-0.15, -0.1) is 0 Å². The van der Waals surface area contributed by atoms with Gasteiger partial charge in [0.25, 0.3) is 0 Å². The Labute approximate surface area is 150 Å². The average molecular weight is 345 g/mol. The number of fused-ring (bicyclic) bond motifs is 1. The number of hydrogen-bond donors (Lipinski definition) is 3. The van der Waals surface area contributed by atoms with E-state index in [1.807, 2.05) is 13.8 Å². The second-order valence-electron chi connectivity index (χ2n) is 7.85. The monoisotopic (exact) mass is 345 g/mol. The Bertz CT molecular complexity index is 565. The predicted molar refractivity (Wildman–Crippen MR) is 99.1 cm³/mol. The summed E-state index contributed by atoms with van der Waals surface area (Å²) in [5.74, 6) is 1.32. The Hall–Kier alpha value is -1.59. The molecule has 5 nitrogen and oxygen atoms in total. The molecule has 3 N–H and O–H groups in total. The molecule has 0 radical (unpaired) electrons. The molecule has 0 bridgehead atoms. The van der Waals surface area contributed by atoms with Crippen molar-refractivity contribution in [1.29, 1.82) is 0 Å². The largest absolute Gasteiger partial charge is 0.396 e. The lowest BCUT2D eigenvalue weighted by Gasteiger charge is -2.24. The first kappa shape index (κ1) is 18.2. The van der Waals surface area contributed by atoms with Gasteiger partial charge in [0, 0.05) is 38.3 Å². The van der Waals surface area contributed by atoms with E-state index in [1.165, 1.54) is 12.0 Å². The number of carbonyl (C=O) groups excluding carboxylic acids is 1. The van der Waals surface area contributed by atoms with E-state index in [2.05, 4.69) is 45.9 Å². The summed E-state index contributed by atoms with van der Waals surface area (Å²) in [4.78, 5) is 14.8. The molecule has 0 aromatic heterocycles. The fraction of sp³-hybridized carbons (Fsp3) is 0.650. The summed E-state index contributed by atoms with van der Waals surface area (Å²) in [5.41, 5.74) is 1.36. The maximum atomic E-state index is 12.3. The lowest BCUT2D eigenvalue weighted by atomic mass is 9.98. The van der Waals surface area contributed by atoms with Crippen molar-refractivity contribution in [2.45, 2.75) is 45.3 Å². The molecule has 0 spiro atoms. The van der Waals surface area contributed by atoms with E-state index in [9.17, 15) is 9.90 Å². The second kappa shape index (κ2) is 8.19. The van der Waals surface area contributed by atoms with Crippen LogP contribution >= 0.6 is 0 Å². The van der Waals surface area contributed by atoms with Crippen LogP contribution in [0.2, 0.25) is 0 Å². The highest BCUT2D eigenvalue weighted by molar-refractivity contribution is 5.74. The minimum atomic E-state index is -0.0973. The molecule has 1 heterocycles. The van der Waals surface area contributed by atoms with Crippen molar-refractivity contribution in [3.63, 3.8) is 0 Å². The van der Waals surface area contributed by atoms with Crippen molar-refractivity contribution < 1.29 is 9.90 Å². The first-order chi connectivity index (χ1) is 12.1. The summed E-state index contributed by atoms with van der Waals surface area (Å²) in [7, 11) is 0. The molecular formula is C20H31N3O2. The molecule has 1 aromatic carbocycles. The van der Waals surface area contributed by atoms with E-state index in [0.717, 1.165) is 26.1 Å². The summed E-state index contributed by atoms with van der Waals surface area (Å²) >= 11 is 0. The zero-order chi connectivity index (χ0) is 17.8. The van der Waals surface area contributed by atoms with Gasteiger partial charge >= 0.3 is 6.03 Å². The Morgan fingerprint density at radius 1 is 1.24 bits per heavy atom. The number of rotatable bonds is 6. The third-order valence-corrected chi connectivity index (χ3v) is 6.00. The van der Waals surface area contributed by atoms with Crippen LogP contribution in [0.3, 0.4) is 0 Å². The molecule has 1 aliphatic carbocycles. The third kappa shape index (κ3) is 4.53. The van der Waals surface area contributed by atoms with E-state index in [0.29, 0.717) is 11.8 Å². The van der Waals surface area contributed by atoms with Crippen LogP contribution in [0, 0.1) is 17.8 Å². The van der Waals surface area contributed by atoms with Crippen LogP contribution in [0.4, 0.5) is 4.79 Å². The molecule has 1 saturated heterocycles. The Morgan fingerprint density at radius 2 is 2.00 bits per heavy atom. The molecule has 0 unspecified atom stereocenters. The predicted octanol–water partition coefficient (Wildman–Crippen LogP) is 2.21. The van der Waals surface area contributed by atoms with Gasteiger partial charge in [0.15, 0.2) is 0 Å². The van der Waals surface area contributed by atoms with Crippen molar-refractivity contribution >= 4 is 6.03 Å². The third-order valence-electron chi connectivity index (χ3n) is 6.00. The van der Waals surface area contributed by atoms with Crippen molar-refractivity contribution in [3.05, 3.63) is 35.9 Å². The van der Waals surface area contributed by atoms with E-state index < -0.39 is 0 Å². The van der Waals surface area contributed by atoms with Gasteiger partial charge in [-0.05, 0) is 43.1 Å². The van der Waals surface area contributed by atoms with Crippen molar-refractivity contribution in [2.75, 3.05) is 19.7 Å². The van der Waals surface area contributed by atoms with Gasteiger partial charge in [0.05, 0.1) is 0 Å². The first-order valence-corrected chi connectivity index (χ1v) is 9.51. The summed E-state index contributed by atoms with van der Waals surface area (Å²) in [6.07, 6.45) is 2.27. The number of urea groups is 1. The molecule has 2 amide bonds. The number of aliphatic hydroxyl groups is 1. The normalized spacial score (nSPS) is 28.4. The van der Waals surface area contributed by atoms with Crippen LogP contribution in [0.1, 0.15) is 32.3 Å². The minimum absolute atomic E-state index is 0.0274. The zero-order valence-corrected chi connectivity index (χ0v) is 15.3. The Morgan fingerprint density at radius 3 is 2.72 bits per heavy atom. The molecule has 1 aromatic rings. The Kier molecular flexibility index (Phi) is 5.97. The van der Waals surface area contributed by atoms with Crippen molar-refractivity contribution in [2.24, 2.45) is 17.8 Å². The quantitative estimate of drug-likeness (QED) is 0.741. The number of nitrogens with zero attached hydrogens (tertiary/aromatic N) is 1. The highest BCUT2D eigenvalue weighted by Crippen LogP contribution is 2.38. The fourth-order valence-electron chi connectivity index (χ4n) is 4.22. The number of nitrogens with one attached hydrogen (secondary N) is 2. The highest BCUT2D eigenvalue weighted by Gasteiger charge is 2.43. The average Bonchev–Trinajstić information content (AvgIpc) is 3.16. The van der Waals surface area contributed by atoms with Crippen LogP contribution in [0.25, 0.3) is 0 Å². The van der Waals surface area contributed by atoms with Crippen LogP contribution in [0.5, 0.6) is 0 Å². The van der Waals surface area contributed by atoms with Gasteiger partial charge in [0.2, 0.25) is 0 Å². The zero-order valence-electron chi connectivity index (χ0n) is 15.3. The number of hydrogen-bond acceptors (Lipinski definition) is 3. The maximum Gasteiger partial charge on any atom is 0.315 e. The topological polar surface area (TPSA) is 64.6 Å². The number of carbonyl (C=O) groups is 1. The molecule has 1 saturated carbocycles. The second-order valence-corrected chi connectivity index (χ2v) is 7.85. The SMILES string of the molecule is C[C@H](CO)[C@H](C)NC(=O)N[C@@H]1CC[C@@H]2CN(Cc3ccccc3)C[C@H]21. The number of likely N-dealkylation sites (tertiary alicyclic amines) is 1. The summed E-state index contributed by atoms with van der Waals surface area (Å²) in [6, 6.07) is 10.7. The molecule has 1 aliphatic heterocycles. The molecular weight excluding hydrogens is 314 g/mol. The van der Waals surface area contributed by atoms with E-state index in [4.69, 9.17) is 0 Å². The molecule has 5 heteroatoms. The van der Waals surface area contributed by atoms with Gasteiger partial charge in [-0.3, -0.25) is 4.90 Å². The highest BCUT2D eigenvalue weighted by atomic mass is 16.3. The van der Waals surface area contributed by atoms with Crippen LogP contribution in [-0.4, -0.2) is 47.8 Å². The van der Waals surface area contributed by atoms with E-state index >= 15 is 0 Å². The summed E-state index contributed by atoms with van der Waals surface area (Å²) < 4.78 is 0. The maximum absolute atomic E-state index is 12.3. The molecule has 25 heavy (non-hydrogen) atoms. The number of aliphatic hydroxyl groups excluding tert-OH is 1. The van der Waals surface area contributed by atoms with E-state index in [-0.39, 0.29) is 30.6 Å². The van der Waals surface area contributed by atoms with Gasteiger partial charge in [0.1, 0.15) is 0 Å². The molecule has 138 valence electrons. The van der Waals surface area contributed by atoms with Gasteiger partial charge in [-0.1, -0.05) is 37.3 Å². The lowest BCUT2D eigenvalue weighted by molar-refractivity contribution is 0.197. The smallest absolute Gasteiger partial charge is 0.315 e.